The molecule has 1 aromatic carbocycles. The van der Waals surface area contributed by atoms with E-state index in [1.807, 2.05) is 12.1 Å². The Bertz CT molecular complexity index is 700. The van der Waals surface area contributed by atoms with Crippen LogP contribution in [-0.2, 0) is 9.59 Å². The van der Waals surface area contributed by atoms with Gasteiger partial charge < -0.3 is 4.74 Å². The number of ether oxygens (including phenoxy) is 1. The van der Waals surface area contributed by atoms with Crippen molar-refractivity contribution in [3.8, 4) is 5.75 Å². The minimum Gasteiger partial charge on any atom is -0.495 e. The summed E-state index contributed by atoms with van der Waals surface area (Å²) < 4.78 is 5.34. The van der Waals surface area contributed by atoms with Gasteiger partial charge in [-0.3, -0.25) is 9.59 Å². The molecular formula is C18H17NO3. The van der Waals surface area contributed by atoms with Gasteiger partial charge in [0.25, 0.3) is 0 Å². The molecule has 22 heavy (non-hydrogen) atoms. The highest BCUT2D eigenvalue weighted by Gasteiger charge is 2.73. The van der Waals surface area contributed by atoms with Crippen LogP contribution in [0.25, 0.3) is 0 Å². The monoisotopic (exact) mass is 295 g/mol. The molecule has 0 N–H and O–H groups in total. The molecule has 4 atom stereocenters. The van der Waals surface area contributed by atoms with Crippen molar-refractivity contribution in [3.05, 3.63) is 36.4 Å². The van der Waals surface area contributed by atoms with Crippen molar-refractivity contribution in [2.75, 3.05) is 12.0 Å². The highest BCUT2D eigenvalue weighted by molar-refractivity contribution is 6.23. The van der Waals surface area contributed by atoms with Gasteiger partial charge in [-0.15, -0.1) is 0 Å². The van der Waals surface area contributed by atoms with Gasteiger partial charge >= 0.3 is 0 Å². The summed E-state index contributed by atoms with van der Waals surface area (Å²) in [4.78, 5) is 27.3. The predicted molar refractivity (Wildman–Crippen MR) is 80.3 cm³/mol. The van der Waals surface area contributed by atoms with E-state index < -0.39 is 0 Å². The second kappa shape index (κ2) is 3.80. The number of hydrogen-bond donors (Lipinski definition) is 0. The first kappa shape index (κ1) is 12.4. The number of allylic oxidation sites excluding steroid dienone is 2. The molecule has 0 unspecified atom stereocenters. The molecule has 2 bridgehead atoms. The van der Waals surface area contributed by atoms with Crippen LogP contribution in [0.2, 0.25) is 0 Å². The average Bonchev–Trinajstić information content (AvgIpc) is 3.13. The molecule has 4 nitrogen and oxygen atoms in total. The Balaban J connectivity index is 1.59. The van der Waals surface area contributed by atoms with E-state index in [0.29, 0.717) is 11.4 Å². The summed E-state index contributed by atoms with van der Waals surface area (Å²) in [6, 6.07) is 7.26. The zero-order valence-electron chi connectivity index (χ0n) is 12.4. The van der Waals surface area contributed by atoms with Crippen LogP contribution in [0.1, 0.15) is 12.8 Å². The van der Waals surface area contributed by atoms with Gasteiger partial charge in [-0.1, -0.05) is 24.3 Å². The molecule has 2 amide bonds. The van der Waals surface area contributed by atoms with E-state index in [2.05, 4.69) is 12.2 Å². The molecule has 2 saturated carbocycles. The molecule has 112 valence electrons. The number of amides is 2. The third kappa shape index (κ3) is 1.21. The van der Waals surface area contributed by atoms with E-state index in [-0.39, 0.29) is 40.9 Å². The first-order valence-electron chi connectivity index (χ1n) is 7.88. The van der Waals surface area contributed by atoms with Crippen LogP contribution in [0.3, 0.4) is 0 Å². The Morgan fingerprint density at radius 2 is 1.64 bits per heavy atom. The van der Waals surface area contributed by atoms with Gasteiger partial charge in [0.2, 0.25) is 11.8 Å². The van der Waals surface area contributed by atoms with Crippen LogP contribution in [0.15, 0.2) is 36.4 Å². The summed E-state index contributed by atoms with van der Waals surface area (Å²) in [5, 5.41) is 0. The SMILES string of the molecule is COc1ccccc1N1C(=O)[C@@H]2[C@@H](C1=O)[C@H]1C=C[C@H]2C12CC2. The molecule has 1 aromatic rings. The number of methoxy groups -OCH3 is 1. The zero-order chi connectivity index (χ0) is 15.1. The Morgan fingerprint density at radius 1 is 1.05 bits per heavy atom. The highest BCUT2D eigenvalue weighted by atomic mass is 16.5. The molecule has 1 heterocycles. The number of anilines is 1. The molecule has 1 spiro atoms. The summed E-state index contributed by atoms with van der Waals surface area (Å²) in [5.41, 5.74) is 0.826. The van der Waals surface area contributed by atoms with Crippen molar-refractivity contribution in [3.63, 3.8) is 0 Å². The lowest BCUT2D eigenvalue weighted by Gasteiger charge is -2.22. The zero-order valence-corrected chi connectivity index (χ0v) is 12.4. The van der Waals surface area contributed by atoms with Crippen LogP contribution in [0.5, 0.6) is 5.75 Å². The third-order valence-corrected chi connectivity index (χ3v) is 6.18. The summed E-state index contributed by atoms with van der Waals surface area (Å²) >= 11 is 0. The van der Waals surface area contributed by atoms with Gasteiger partial charge in [-0.25, -0.2) is 4.90 Å². The van der Waals surface area contributed by atoms with Crippen LogP contribution in [0, 0.1) is 29.1 Å². The Morgan fingerprint density at radius 3 is 2.18 bits per heavy atom. The Kier molecular flexibility index (Phi) is 2.15. The fourth-order valence-corrected chi connectivity index (χ4v) is 5.13. The maximum absolute atomic E-state index is 13.0. The normalized spacial score (nSPS) is 36.3. The lowest BCUT2D eigenvalue weighted by Crippen LogP contribution is -2.35. The van der Waals surface area contributed by atoms with Crippen molar-refractivity contribution in [1.29, 1.82) is 0 Å². The van der Waals surface area contributed by atoms with E-state index in [1.165, 1.54) is 4.90 Å². The van der Waals surface area contributed by atoms with Gasteiger partial charge in [0.05, 0.1) is 24.6 Å². The van der Waals surface area contributed by atoms with Gasteiger partial charge in [0.15, 0.2) is 0 Å². The smallest absolute Gasteiger partial charge is 0.238 e. The van der Waals surface area contributed by atoms with Crippen molar-refractivity contribution >= 4 is 17.5 Å². The second-order valence-corrected chi connectivity index (χ2v) is 6.90. The van der Waals surface area contributed by atoms with E-state index in [0.717, 1.165) is 12.8 Å². The van der Waals surface area contributed by atoms with Crippen molar-refractivity contribution in [1.82, 2.24) is 0 Å². The molecular weight excluding hydrogens is 278 g/mol. The van der Waals surface area contributed by atoms with Gasteiger partial charge in [-0.2, -0.15) is 0 Å². The molecule has 3 aliphatic carbocycles. The first-order valence-corrected chi connectivity index (χ1v) is 7.88. The number of fused-ring (bicyclic) bond motifs is 3. The molecule has 5 rings (SSSR count). The maximum Gasteiger partial charge on any atom is 0.238 e. The molecule has 0 radical (unpaired) electrons. The maximum atomic E-state index is 13.0. The predicted octanol–water partition coefficient (Wildman–Crippen LogP) is 2.40. The molecule has 1 saturated heterocycles. The number of nitrogens with zero attached hydrogens (tertiary/aromatic N) is 1. The van der Waals surface area contributed by atoms with E-state index >= 15 is 0 Å². The molecule has 4 heteroatoms. The number of rotatable bonds is 2. The van der Waals surface area contributed by atoms with Gasteiger partial charge in [0.1, 0.15) is 5.75 Å². The van der Waals surface area contributed by atoms with Crippen LogP contribution < -0.4 is 9.64 Å². The molecule has 3 fully saturated rings. The lowest BCUT2D eigenvalue weighted by atomic mass is 9.85. The minimum atomic E-state index is -0.157. The molecule has 4 aliphatic rings. The van der Waals surface area contributed by atoms with Crippen molar-refractivity contribution < 1.29 is 14.3 Å². The second-order valence-electron chi connectivity index (χ2n) is 6.90. The molecule has 1 aliphatic heterocycles. The number of para-hydroxylation sites is 2. The number of hydrogen-bond acceptors (Lipinski definition) is 3. The van der Waals surface area contributed by atoms with Gasteiger partial charge in [-0.05, 0) is 42.2 Å². The first-order chi connectivity index (χ1) is 10.7. The highest BCUT2D eigenvalue weighted by Crippen LogP contribution is 2.73. The number of imide groups is 1. The minimum absolute atomic E-state index is 0.0392. The fourth-order valence-electron chi connectivity index (χ4n) is 5.13. The van der Waals surface area contributed by atoms with E-state index in [1.54, 1.807) is 19.2 Å². The van der Waals surface area contributed by atoms with E-state index in [9.17, 15) is 9.59 Å². The van der Waals surface area contributed by atoms with Crippen LogP contribution >= 0.6 is 0 Å². The van der Waals surface area contributed by atoms with E-state index in [4.69, 9.17) is 4.74 Å². The topological polar surface area (TPSA) is 46.6 Å². The number of benzene rings is 1. The van der Waals surface area contributed by atoms with Gasteiger partial charge in [0, 0.05) is 0 Å². The largest absolute Gasteiger partial charge is 0.495 e. The Labute approximate surface area is 128 Å². The summed E-state index contributed by atoms with van der Waals surface area (Å²) in [7, 11) is 1.56. The standard InChI is InChI=1S/C18H17NO3/c1-22-13-5-3-2-4-12(13)19-16(20)14-10-6-7-11(15(14)17(19)21)18(10)8-9-18/h2-7,10-11,14-15H,8-9H2,1H3/t10-,11-,14+,15+/m1/s1. The lowest BCUT2D eigenvalue weighted by molar-refractivity contribution is -0.123. The quantitative estimate of drug-likeness (QED) is 0.622. The number of carbonyl (C=O) groups excluding carboxylic acids is 2. The molecule has 0 aromatic heterocycles. The number of carbonyl (C=O) groups is 2. The van der Waals surface area contributed by atoms with Crippen molar-refractivity contribution in [2.24, 2.45) is 29.1 Å². The summed E-state index contributed by atoms with van der Waals surface area (Å²) in [6.07, 6.45) is 6.71. The average molecular weight is 295 g/mol. The van der Waals surface area contributed by atoms with Crippen molar-refractivity contribution in [2.45, 2.75) is 12.8 Å². The third-order valence-electron chi connectivity index (χ3n) is 6.18. The summed E-state index contributed by atoms with van der Waals surface area (Å²) in [6.45, 7) is 0. The summed E-state index contributed by atoms with van der Waals surface area (Å²) in [5.74, 6) is 0.706. The van der Waals surface area contributed by atoms with Crippen LogP contribution in [-0.4, -0.2) is 18.9 Å². The fraction of sp³-hybridized carbons (Fsp3) is 0.444. The Hall–Kier alpha value is -2.10. The van der Waals surface area contributed by atoms with Crippen LogP contribution in [0.4, 0.5) is 5.69 Å².